The van der Waals surface area contributed by atoms with Gasteiger partial charge >= 0.3 is 0 Å². The van der Waals surface area contributed by atoms with E-state index in [4.69, 9.17) is 10.7 Å². The molecular weight excluding hydrogens is 576 g/mol. The summed E-state index contributed by atoms with van der Waals surface area (Å²) in [6, 6.07) is 6.04. The molecule has 3 N–H and O–H groups in total. The van der Waals surface area contributed by atoms with Crippen LogP contribution in [0.1, 0.15) is 103 Å². The van der Waals surface area contributed by atoms with Crippen LogP contribution in [0.5, 0.6) is 0 Å². The summed E-state index contributed by atoms with van der Waals surface area (Å²) < 4.78 is 28.7. The second kappa shape index (κ2) is 11.8. The molecule has 1 atom stereocenters. The van der Waals surface area contributed by atoms with Crippen LogP contribution < -0.4 is 15.4 Å². The molecular formula is C33H48N6O4S. The molecule has 2 aromatic heterocycles. The number of sulfonamides is 1. The van der Waals surface area contributed by atoms with Gasteiger partial charge in [-0.15, -0.1) is 0 Å². The minimum absolute atomic E-state index is 0.0339. The lowest BCUT2D eigenvalue weighted by Gasteiger charge is -2.36. The van der Waals surface area contributed by atoms with Crippen LogP contribution in [0, 0.1) is 11.3 Å². The molecule has 240 valence electrons. The highest BCUT2D eigenvalue weighted by Crippen LogP contribution is 2.41. The molecule has 2 aliphatic heterocycles. The second-order valence-corrected chi connectivity index (χ2v) is 16.8. The summed E-state index contributed by atoms with van der Waals surface area (Å²) in [7, 11) is -4.31. The summed E-state index contributed by atoms with van der Waals surface area (Å²) in [5.41, 5.74) is 7.71. The van der Waals surface area contributed by atoms with Gasteiger partial charge in [0.05, 0.1) is 11.3 Å². The van der Waals surface area contributed by atoms with E-state index >= 15 is 0 Å². The summed E-state index contributed by atoms with van der Waals surface area (Å²) in [4.78, 5) is 40.0. The van der Waals surface area contributed by atoms with Crippen molar-refractivity contribution in [2.75, 3.05) is 30.3 Å². The average Bonchev–Trinajstić information content (AvgIpc) is 3.17. The zero-order valence-electron chi connectivity index (χ0n) is 27.6. The molecule has 0 radical (unpaired) electrons. The molecule has 0 unspecified atom stereocenters. The van der Waals surface area contributed by atoms with E-state index in [0.29, 0.717) is 44.2 Å². The lowest BCUT2D eigenvalue weighted by Crippen LogP contribution is -2.41. The minimum Gasteiger partial charge on any atom is -0.384 e. The number of anilines is 2. The Hall–Kier alpha value is -3.47. The predicted molar refractivity (Wildman–Crippen MR) is 175 cm³/mol. The number of amides is 2. The number of nitrogens with zero attached hydrogens (tertiary/aromatic N) is 4. The van der Waals surface area contributed by atoms with Crippen molar-refractivity contribution in [1.29, 1.82) is 0 Å². The summed E-state index contributed by atoms with van der Waals surface area (Å²) in [6.45, 7) is 20.5. The molecule has 2 aliphatic rings. The van der Waals surface area contributed by atoms with Gasteiger partial charge in [0, 0.05) is 42.6 Å². The van der Waals surface area contributed by atoms with Gasteiger partial charge in [0.1, 0.15) is 11.6 Å². The van der Waals surface area contributed by atoms with Crippen LogP contribution in [0.25, 0.3) is 5.57 Å². The Morgan fingerprint density at radius 2 is 1.80 bits per heavy atom. The Kier molecular flexibility index (Phi) is 8.96. The quantitative estimate of drug-likeness (QED) is 0.450. The third-order valence-corrected chi connectivity index (χ3v) is 9.36. The third kappa shape index (κ3) is 7.42. The van der Waals surface area contributed by atoms with E-state index < -0.39 is 15.9 Å². The van der Waals surface area contributed by atoms with Gasteiger partial charge in [0.15, 0.2) is 5.03 Å². The molecule has 2 amide bonds. The molecule has 0 saturated carbocycles. The van der Waals surface area contributed by atoms with Crippen LogP contribution >= 0.6 is 0 Å². The van der Waals surface area contributed by atoms with Crippen molar-refractivity contribution in [3.05, 3.63) is 47.2 Å². The van der Waals surface area contributed by atoms with Crippen molar-refractivity contribution >= 4 is 39.0 Å². The van der Waals surface area contributed by atoms with Crippen LogP contribution in [0.4, 0.5) is 11.6 Å². The van der Waals surface area contributed by atoms with E-state index in [0.717, 1.165) is 23.3 Å². The topological polar surface area (TPSA) is 139 Å². The van der Waals surface area contributed by atoms with Crippen LogP contribution in [0.15, 0.2) is 35.4 Å². The summed E-state index contributed by atoms with van der Waals surface area (Å²) in [5.74, 6) is 0.180. The fourth-order valence-electron chi connectivity index (χ4n) is 6.17. The number of carbonyl (C=O) groups excluding carboxylic acids is 2. The van der Waals surface area contributed by atoms with Gasteiger partial charge in [0.25, 0.3) is 15.9 Å². The molecule has 0 spiro atoms. The largest absolute Gasteiger partial charge is 0.384 e. The Morgan fingerprint density at radius 1 is 1.11 bits per heavy atom. The number of carbonyl (C=O) groups is 2. The smallest absolute Gasteiger partial charge is 0.281 e. The maximum Gasteiger partial charge on any atom is 0.281 e. The number of nitrogens with two attached hydrogens (primary N) is 1. The van der Waals surface area contributed by atoms with Crippen LogP contribution in [-0.4, -0.2) is 60.3 Å². The zero-order chi connectivity index (χ0) is 32.8. The molecule has 1 saturated heterocycles. The van der Waals surface area contributed by atoms with Gasteiger partial charge in [-0.3, -0.25) is 9.59 Å². The lowest BCUT2D eigenvalue weighted by atomic mass is 9.83. The molecule has 10 nitrogen and oxygen atoms in total. The van der Waals surface area contributed by atoms with Crippen molar-refractivity contribution in [2.24, 2.45) is 11.3 Å². The highest BCUT2D eigenvalue weighted by molar-refractivity contribution is 7.90. The first-order chi connectivity index (χ1) is 20.2. The van der Waals surface area contributed by atoms with E-state index in [1.807, 2.05) is 11.0 Å². The van der Waals surface area contributed by atoms with Gasteiger partial charge in [-0.05, 0) is 61.8 Å². The summed E-state index contributed by atoms with van der Waals surface area (Å²) in [5, 5.41) is -0.336. The standard InChI is InChI=1S/C33H48N6O4S/c1-21-18-33(8,9)39(20-21)29-24(30(41)37-44(42,43)26-12-10-11-25(34)35-26)17-23(28(36-29)32(5,6)7)22-13-15-38(16-14-22)27(40)19-31(2,3)4/h10-13,17,21H,14-16,18-20H2,1-9H3,(H2,34,35)(H,37,41)/t21-/m0/s1. The molecule has 4 heterocycles. The maximum atomic E-state index is 14.0. The van der Waals surface area contributed by atoms with Gasteiger partial charge in [-0.2, -0.15) is 8.42 Å². The molecule has 0 aromatic carbocycles. The lowest BCUT2D eigenvalue weighted by molar-refractivity contribution is -0.132. The van der Waals surface area contributed by atoms with E-state index in [2.05, 4.69) is 76.9 Å². The van der Waals surface area contributed by atoms with Crippen LogP contribution in [-0.2, 0) is 20.2 Å². The van der Waals surface area contributed by atoms with Gasteiger partial charge in [0.2, 0.25) is 5.91 Å². The predicted octanol–water partition coefficient (Wildman–Crippen LogP) is 5.15. The van der Waals surface area contributed by atoms with Crippen LogP contribution in [0.2, 0.25) is 0 Å². The Labute approximate surface area is 262 Å². The first kappa shape index (κ1) is 33.4. The highest BCUT2D eigenvalue weighted by Gasteiger charge is 2.40. The van der Waals surface area contributed by atoms with E-state index in [9.17, 15) is 18.0 Å². The second-order valence-electron chi connectivity index (χ2n) is 15.1. The van der Waals surface area contributed by atoms with Gasteiger partial charge < -0.3 is 15.5 Å². The summed E-state index contributed by atoms with van der Waals surface area (Å²) >= 11 is 0. The van der Waals surface area contributed by atoms with Crippen molar-refractivity contribution in [2.45, 2.75) is 97.6 Å². The van der Waals surface area contributed by atoms with Crippen molar-refractivity contribution in [3.8, 4) is 0 Å². The Morgan fingerprint density at radius 3 is 2.32 bits per heavy atom. The molecule has 1 fully saturated rings. The fourth-order valence-corrected chi connectivity index (χ4v) is 7.11. The normalized spacial score (nSPS) is 19.1. The first-order valence-corrected chi connectivity index (χ1v) is 16.8. The number of pyridine rings is 2. The van der Waals surface area contributed by atoms with Crippen LogP contribution in [0.3, 0.4) is 0 Å². The van der Waals surface area contributed by atoms with E-state index in [1.165, 1.54) is 18.2 Å². The Bertz CT molecular complexity index is 1580. The molecule has 4 rings (SSSR count). The number of nitrogen functional groups attached to an aromatic ring is 1. The number of rotatable bonds is 6. The SMILES string of the molecule is C[C@@H]1CN(c2nc(C(C)(C)C)c(C3=CCN(C(=O)CC(C)(C)C)CC3)cc2C(=O)NS(=O)(=O)c2cccc(N)n2)C(C)(C)C1. The van der Waals surface area contributed by atoms with Crippen molar-refractivity contribution in [1.82, 2.24) is 19.6 Å². The third-order valence-electron chi connectivity index (χ3n) is 8.12. The number of hydrogen-bond acceptors (Lipinski definition) is 8. The van der Waals surface area contributed by atoms with Gasteiger partial charge in [-0.1, -0.05) is 60.6 Å². The van der Waals surface area contributed by atoms with Crippen molar-refractivity contribution in [3.63, 3.8) is 0 Å². The zero-order valence-corrected chi connectivity index (χ0v) is 28.4. The molecule has 0 bridgehead atoms. The molecule has 44 heavy (non-hydrogen) atoms. The number of nitrogens with one attached hydrogen (secondary N) is 1. The average molecular weight is 625 g/mol. The molecule has 0 aliphatic carbocycles. The number of aromatic nitrogens is 2. The minimum atomic E-state index is -4.31. The summed E-state index contributed by atoms with van der Waals surface area (Å²) in [6.07, 6.45) is 3.99. The maximum absolute atomic E-state index is 14.0. The first-order valence-electron chi connectivity index (χ1n) is 15.3. The molecule has 11 heteroatoms. The molecule has 2 aromatic rings. The Balaban J connectivity index is 1.83. The van der Waals surface area contributed by atoms with Crippen molar-refractivity contribution < 1.29 is 18.0 Å². The highest BCUT2D eigenvalue weighted by atomic mass is 32.2. The number of hydrogen-bond donors (Lipinski definition) is 2. The van der Waals surface area contributed by atoms with E-state index in [-0.39, 0.29) is 38.7 Å². The fraction of sp³-hybridized carbons (Fsp3) is 0.576. The monoisotopic (exact) mass is 624 g/mol. The van der Waals surface area contributed by atoms with E-state index in [1.54, 1.807) is 6.07 Å². The van der Waals surface area contributed by atoms with Gasteiger partial charge in [-0.25, -0.2) is 14.7 Å².